The van der Waals surface area contributed by atoms with Crippen molar-refractivity contribution in [1.29, 1.82) is 0 Å². The maximum Gasteiger partial charge on any atom is 0.260 e. The van der Waals surface area contributed by atoms with Crippen molar-refractivity contribution in [2.75, 3.05) is 0 Å². The second kappa shape index (κ2) is 6.15. The van der Waals surface area contributed by atoms with Crippen LogP contribution in [0, 0.1) is 6.92 Å². The zero-order valence-corrected chi connectivity index (χ0v) is 13.3. The van der Waals surface area contributed by atoms with Gasteiger partial charge in [0.05, 0.1) is 0 Å². The number of sulfonamides is 1. The highest BCUT2D eigenvalue weighted by molar-refractivity contribution is 7.89. The fourth-order valence-corrected chi connectivity index (χ4v) is 3.80. The molecule has 0 fully saturated rings. The molecule has 0 aliphatic rings. The highest BCUT2D eigenvalue weighted by Crippen LogP contribution is 2.24. The third-order valence-electron chi connectivity index (χ3n) is 3.20. The summed E-state index contributed by atoms with van der Waals surface area (Å²) in [5.74, 6) is 0. The predicted molar refractivity (Wildman–Crippen MR) is 81.4 cm³/mol. The lowest BCUT2D eigenvalue weighted by molar-refractivity contribution is 0.561. The first-order valence-corrected chi connectivity index (χ1v) is 8.23. The Labute approximate surface area is 128 Å². The first-order valence-electron chi connectivity index (χ1n) is 6.37. The summed E-state index contributed by atoms with van der Waals surface area (Å²) in [4.78, 5) is 0. The SMILES string of the molecule is Cc1[nH]nc(S(=O)(=O)NC(C)c2ccccc2Cl)c1CN. The van der Waals surface area contributed by atoms with Crippen LogP contribution >= 0.6 is 11.6 Å². The molecule has 0 aliphatic carbocycles. The minimum absolute atomic E-state index is 0.0681. The lowest BCUT2D eigenvalue weighted by Gasteiger charge is -2.15. The van der Waals surface area contributed by atoms with Crippen LogP contribution < -0.4 is 10.5 Å². The highest BCUT2D eigenvalue weighted by Gasteiger charge is 2.25. The Balaban J connectivity index is 2.31. The van der Waals surface area contributed by atoms with Gasteiger partial charge in [0, 0.05) is 28.9 Å². The van der Waals surface area contributed by atoms with Crippen molar-refractivity contribution in [3.63, 3.8) is 0 Å². The second-order valence-corrected chi connectivity index (χ2v) is 6.74. The molecule has 0 amide bonds. The van der Waals surface area contributed by atoms with E-state index in [-0.39, 0.29) is 11.6 Å². The van der Waals surface area contributed by atoms with Crippen molar-refractivity contribution in [2.45, 2.75) is 31.5 Å². The van der Waals surface area contributed by atoms with Gasteiger partial charge in [0.25, 0.3) is 10.0 Å². The minimum atomic E-state index is -3.78. The van der Waals surface area contributed by atoms with Crippen LogP contribution in [0.1, 0.15) is 29.8 Å². The van der Waals surface area contributed by atoms with Crippen LogP contribution in [-0.2, 0) is 16.6 Å². The molecule has 0 spiro atoms. The van der Waals surface area contributed by atoms with Gasteiger partial charge < -0.3 is 5.73 Å². The molecule has 2 aromatic rings. The maximum absolute atomic E-state index is 12.4. The topological polar surface area (TPSA) is 101 Å². The molecule has 8 heteroatoms. The summed E-state index contributed by atoms with van der Waals surface area (Å²) in [5.41, 5.74) is 7.41. The van der Waals surface area contributed by atoms with Crippen LogP contribution in [0.3, 0.4) is 0 Å². The summed E-state index contributed by atoms with van der Waals surface area (Å²) in [6, 6.07) is 6.60. The van der Waals surface area contributed by atoms with Gasteiger partial charge in [0.15, 0.2) is 5.03 Å². The first-order chi connectivity index (χ1) is 9.86. The number of aromatic nitrogens is 2. The average Bonchev–Trinajstić information content (AvgIpc) is 2.80. The molecule has 6 nitrogen and oxygen atoms in total. The van der Waals surface area contributed by atoms with Crippen LogP contribution in [0.25, 0.3) is 0 Å². The molecule has 1 aromatic carbocycles. The largest absolute Gasteiger partial charge is 0.326 e. The lowest BCUT2D eigenvalue weighted by Crippen LogP contribution is -2.28. The summed E-state index contributed by atoms with van der Waals surface area (Å²) < 4.78 is 27.4. The molecule has 1 heterocycles. The normalized spacial score (nSPS) is 13.3. The number of nitrogens with two attached hydrogens (primary N) is 1. The van der Waals surface area contributed by atoms with E-state index in [9.17, 15) is 8.42 Å². The number of H-pyrrole nitrogens is 1. The molecule has 1 aromatic heterocycles. The number of halogens is 1. The van der Waals surface area contributed by atoms with Crippen molar-refractivity contribution < 1.29 is 8.42 Å². The Morgan fingerprint density at radius 1 is 1.43 bits per heavy atom. The third-order valence-corrected chi connectivity index (χ3v) is 5.05. The summed E-state index contributed by atoms with van der Waals surface area (Å²) in [5, 5.41) is 6.92. The number of benzene rings is 1. The number of hydrogen-bond acceptors (Lipinski definition) is 4. The summed E-state index contributed by atoms with van der Waals surface area (Å²) in [7, 11) is -3.78. The predicted octanol–water partition coefficient (Wildman–Crippen LogP) is 1.87. The standard InChI is InChI=1S/C13H17ClN4O2S/c1-8-11(7-15)13(17-16-8)21(19,20)18-9(2)10-5-3-4-6-12(10)14/h3-6,9,18H,7,15H2,1-2H3,(H,16,17). The maximum atomic E-state index is 12.4. The fourth-order valence-electron chi connectivity index (χ4n) is 2.07. The Kier molecular flexibility index (Phi) is 4.67. The molecule has 0 saturated heterocycles. The van der Waals surface area contributed by atoms with Crippen LogP contribution in [-0.4, -0.2) is 18.6 Å². The van der Waals surface area contributed by atoms with Gasteiger partial charge in [-0.05, 0) is 25.5 Å². The number of aromatic amines is 1. The van der Waals surface area contributed by atoms with Crippen molar-refractivity contribution in [3.05, 3.63) is 46.1 Å². The molecule has 21 heavy (non-hydrogen) atoms. The van der Waals surface area contributed by atoms with Crippen molar-refractivity contribution in [1.82, 2.24) is 14.9 Å². The highest BCUT2D eigenvalue weighted by atomic mass is 35.5. The molecule has 1 unspecified atom stereocenters. The van der Waals surface area contributed by atoms with Crippen LogP contribution in [0.15, 0.2) is 29.3 Å². The van der Waals surface area contributed by atoms with Crippen molar-refractivity contribution >= 4 is 21.6 Å². The van der Waals surface area contributed by atoms with Gasteiger partial charge in [-0.2, -0.15) is 5.10 Å². The zero-order chi connectivity index (χ0) is 15.6. The summed E-state index contributed by atoms with van der Waals surface area (Å²) in [6.45, 7) is 3.55. The first kappa shape index (κ1) is 16.0. The van der Waals surface area contributed by atoms with E-state index in [1.165, 1.54) is 0 Å². The van der Waals surface area contributed by atoms with Gasteiger partial charge in [0.2, 0.25) is 0 Å². The van der Waals surface area contributed by atoms with E-state index in [0.29, 0.717) is 21.8 Å². The van der Waals surface area contributed by atoms with E-state index in [4.69, 9.17) is 17.3 Å². The zero-order valence-electron chi connectivity index (χ0n) is 11.7. The van der Waals surface area contributed by atoms with E-state index in [1.807, 2.05) is 0 Å². The second-order valence-electron chi connectivity index (χ2n) is 4.70. The van der Waals surface area contributed by atoms with E-state index < -0.39 is 16.1 Å². The molecule has 114 valence electrons. The van der Waals surface area contributed by atoms with E-state index in [1.54, 1.807) is 38.1 Å². The molecule has 2 rings (SSSR count). The molecule has 1 atom stereocenters. The molecule has 0 saturated carbocycles. The Morgan fingerprint density at radius 2 is 2.10 bits per heavy atom. The number of nitrogens with zero attached hydrogens (tertiary/aromatic N) is 1. The van der Waals surface area contributed by atoms with Crippen LogP contribution in [0.4, 0.5) is 0 Å². The molecule has 0 aliphatic heterocycles. The van der Waals surface area contributed by atoms with Gasteiger partial charge in [-0.25, -0.2) is 13.1 Å². The third kappa shape index (κ3) is 3.26. The fraction of sp³-hybridized carbons (Fsp3) is 0.308. The van der Waals surface area contributed by atoms with E-state index >= 15 is 0 Å². The minimum Gasteiger partial charge on any atom is -0.326 e. The number of nitrogens with one attached hydrogen (secondary N) is 2. The smallest absolute Gasteiger partial charge is 0.260 e. The number of rotatable bonds is 5. The van der Waals surface area contributed by atoms with Gasteiger partial charge in [-0.3, -0.25) is 5.10 Å². The Morgan fingerprint density at radius 3 is 2.71 bits per heavy atom. The summed E-state index contributed by atoms with van der Waals surface area (Å²) in [6.07, 6.45) is 0. The lowest BCUT2D eigenvalue weighted by atomic mass is 10.1. The molecule has 4 N–H and O–H groups in total. The van der Waals surface area contributed by atoms with Gasteiger partial charge >= 0.3 is 0 Å². The molecular weight excluding hydrogens is 312 g/mol. The molecule has 0 radical (unpaired) electrons. The monoisotopic (exact) mass is 328 g/mol. The van der Waals surface area contributed by atoms with Gasteiger partial charge in [-0.1, -0.05) is 29.8 Å². The average molecular weight is 329 g/mol. The van der Waals surface area contributed by atoms with Crippen LogP contribution in [0.5, 0.6) is 0 Å². The van der Waals surface area contributed by atoms with Gasteiger partial charge in [-0.15, -0.1) is 0 Å². The number of aryl methyl sites for hydroxylation is 1. The van der Waals surface area contributed by atoms with Crippen LogP contribution in [0.2, 0.25) is 5.02 Å². The quantitative estimate of drug-likeness (QED) is 0.779. The summed E-state index contributed by atoms with van der Waals surface area (Å²) >= 11 is 6.08. The van der Waals surface area contributed by atoms with Crippen molar-refractivity contribution in [3.8, 4) is 0 Å². The van der Waals surface area contributed by atoms with E-state index in [0.717, 1.165) is 0 Å². The number of hydrogen-bond donors (Lipinski definition) is 3. The van der Waals surface area contributed by atoms with Crippen molar-refractivity contribution in [2.24, 2.45) is 5.73 Å². The Bertz CT molecular complexity index is 742. The molecule has 0 bridgehead atoms. The van der Waals surface area contributed by atoms with Gasteiger partial charge in [0.1, 0.15) is 0 Å². The molecular formula is C13H17ClN4O2S. The van der Waals surface area contributed by atoms with E-state index in [2.05, 4.69) is 14.9 Å². The Hall–Kier alpha value is -1.41.